The smallest absolute Gasteiger partial charge is 0.321 e. The summed E-state index contributed by atoms with van der Waals surface area (Å²) in [7, 11) is 0. The maximum atomic E-state index is 11.0. The van der Waals surface area contributed by atoms with Gasteiger partial charge in [-0.3, -0.25) is 10.1 Å². The van der Waals surface area contributed by atoms with E-state index in [1.54, 1.807) is 0 Å². The van der Waals surface area contributed by atoms with Gasteiger partial charge in [-0.05, 0) is 29.9 Å². The number of nitrogens with one attached hydrogen (secondary N) is 1. The Morgan fingerprint density at radius 3 is 2.11 bits per heavy atom. The number of benzene rings is 1. The van der Waals surface area contributed by atoms with Gasteiger partial charge in [-0.2, -0.15) is 0 Å². The molecule has 0 saturated heterocycles. The molecule has 0 heterocycles. The quantitative estimate of drug-likeness (QED) is 0.639. The van der Waals surface area contributed by atoms with Crippen LogP contribution in [0.2, 0.25) is 0 Å². The zero-order chi connectivity index (χ0) is 13.5. The summed E-state index contributed by atoms with van der Waals surface area (Å²) in [4.78, 5) is 11.0. The minimum absolute atomic E-state index is 0.169. The molecule has 1 atom stereocenters. The molecule has 1 aromatic carbocycles. The van der Waals surface area contributed by atoms with Gasteiger partial charge in [-0.15, -0.1) is 0 Å². The van der Waals surface area contributed by atoms with E-state index in [0.29, 0.717) is 12.3 Å². The second-order valence-electron chi connectivity index (χ2n) is 4.92. The van der Waals surface area contributed by atoms with Gasteiger partial charge >= 0.3 is 5.97 Å². The van der Waals surface area contributed by atoms with Gasteiger partial charge in [-0.25, -0.2) is 0 Å². The van der Waals surface area contributed by atoms with E-state index < -0.39 is 12.0 Å². The van der Waals surface area contributed by atoms with Gasteiger partial charge in [0.2, 0.25) is 0 Å². The van der Waals surface area contributed by atoms with Gasteiger partial charge in [0.25, 0.3) is 0 Å². The highest BCUT2D eigenvalue weighted by Gasteiger charge is 2.16. The Labute approximate surface area is 108 Å². The highest BCUT2D eigenvalue weighted by Crippen LogP contribution is 2.11. The summed E-state index contributed by atoms with van der Waals surface area (Å²) in [5, 5.41) is 11.8. The molecule has 1 aromatic rings. The van der Waals surface area contributed by atoms with E-state index in [0.717, 1.165) is 12.0 Å². The zero-order valence-electron chi connectivity index (χ0n) is 11.0. The summed E-state index contributed by atoms with van der Waals surface area (Å²) in [6.45, 7) is 4.53. The third-order valence-corrected chi connectivity index (χ3v) is 2.77. The Hall–Kier alpha value is -1.39. The maximum Gasteiger partial charge on any atom is 0.321 e. The average Bonchev–Trinajstić information content (AvgIpc) is 2.30. The van der Waals surface area contributed by atoms with Crippen molar-refractivity contribution in [3.63, 3.8) is 0 Å². The molecule has 0 aliphatic heterocycles. The fourth-order valence-corrected chi connectivity index (χ4v) is 1.91. The van der Waals surface area contributed by atoms with Crippen LogP contribution < -0.4 is 11.1 Å². The molecular weight excluding hydrogens is 228 g/mol. The predicted molar refractivity (Wildman–Crippen MR) is 72.3 cm³/mol. The summed E-state index contributed by atoms with van der Waals surface area (Å²) in [6, 6.07) is 7.50. The number of hydrogen-bond acceptors (Lipinski definition) is 3. The lowest BCUT2D eigenvalue weighted by Crippen LogP contribution is -2.41. The number of aliphatic carboxylic acids is 1. The molecule has 0 aliphatic carbocycles. The summed E-state index contributed by atoms with van der Waals surface area (Å²) >= 11 is 0. The molecule has 18 heavy (non-hydrogen) atoms. The summed E-state index contributed by atoms with van der Waals surface area (Å²) in [5.41, 5.74) is 7.62. The molecule has 0 radical (unpaired) electrons. The number of carbonyl (C=O) groups is 1. The Bertz CT molecular complexity index is 374. The van der Waals surface area contributed by atoms with Gasteiger partial charge in [-0.1, -0.05) is 38.1 Å². The van der Waals surface area contributed by atoms with Gasteiger partial charge in [0, 0.05) is 6.67 Å². The van der Waals surface area contributed by atoms with E-state index in [9.17, 15) is 4.79 Å². The molecule has 0 unspecified atom stereocenters. The van der Waals surface area contributed by atoms with Gasteiger partial charge in [0.15, 0.2) is 0 Å². The summed E-state index contributed by atoms with van der Waals surface area (Å²) in [6.07, 6.45) is 1.50. The molecule has 0 spiro atoms. The number of carboxylic acids is 1. The second kappa shape index (κ2) is 7.13. The molecule has 100 valence electrons. The average molecular weight is 250 g/mol. The number of nitrogens with two attached hydrogens (primary N) is 1. The van der Waals surface area contributed by atoms with Crippen LogP contribution in [0.1, 0.15) is 25.0 Å². The highest BCUT2D eigenvalue weighted by molar-refractivity contribution is 5.73. The van der Waals surface area contributed by atoms with E-state index in [4.69, 9.17) is 10.8 Å². The van der Waals surface area contributed by atoms with Crippen molar-refractivity contribution < 1.29 is 9.90 Å². The largest absolute Gasteiger partial charge is 0.480 e. The van der Waals surface area contributed by atoms with Crippen molar-refractivity contribution >= 4 is 5.97 Å². The predicted octanol–water partition coefficient (Wildman–Crippen LogP) is 1.39. The Morgan fingerprint density at radius 1 is 1.22 bits per heavy atom. The number of carboxylic acid groups (broad SMARTS) is 1. The number of hydrogen-bond donors (Lipinski definition) is 3. The Morgan fingerprint density at radius 2 is 1.72 bits per heavy atom. The van der Waals surface area contributed by atoms with Crippen LogP contribution in [-0.4, -0.2) is 23.8 Å². The minimum atomic E-state index is -0.869. The first-order valence-corrected chi connectivity index (χ1v) is 6.27. The SMILES string of the molecule is CC(C)Cc1ccc(C[C@H](NCN)C(=O)O)cc1. The molecule has 0 saturated carbocycles. The van der Waals surface area contributed by atoms with Gasteiger partial charge in [0.1, 0.15) is 6.04 Å². The molecular formula is C14H22N2O2. The summed E-state index contributed by atoms with van der Waals surface area (Å²) in [5.74, 6) is -0.242. The first-order valence-electron chi connectivity index (χ1n) is 6.27. The first kappa shape index (κ1) is 14.7. The van der Waals surface area contributed by atoms with Crippen LogP contribution in [0.25, 0.3) is 0 Å². The van der Waals surface area contributed by atoms with Crippen LogP contribution in [0, 0.1) is 5.92 Å². The Kier molecular flexibility index (Phi) is 5.82. The second-order valence-corrected chi connectivity index (χ2v) is 4.92. The van der Waals surface area contributed by atoms with E-state index in [-0.39, 0.29) is 6.67 Å². The molecule has 4 heteroatoms. The standard InChI is InChI=1S/C14H22N2O2/c1-10(2)7-11-3-5-12(6-4-11)8-13(14(17)18)16-9-15/h3-6,10,13,16H,7-9,15H2,1-2H3,(H,17,18)/t13-/m0/s1. The molecule has 0 bridgehead atoms. The summed E-state index contributed by atoms with van der Waals surface area (Å²) < 4.78 is 0. The third-order valence-electron chi connectivity index (χ3n) is 2.77. The molecule has 4 nitrogen and oxygen atoms in total. The molecule has 0 amide bonds. The Balaban J connectivity index is 2.64. The van der Waals surface area contributed by atoms with Gasteiger partial charge in [0.05, 0.1) is 0 Å². The monoisotopic (exact) mass is 250 g/mol. The molecule has 0 aliphatic rings. The number of rotatable bonds is 7. The van der Waals surface area contributed by atoms with Crippen molar-refractivity contribution in [3.05, 3.63) is 35.4 Å². The third kappa shape index (κ3) is 4.85. The van der Waals surface area contributed by atoms with Gasteiger partial charge < -0.3 is 10.8 Å². The van der Waals surface area contributed by atoms with E-state index >= 15 is 0 Å². The first-order chi connectivity index (χ1) is 8.52. The van der Waals surface area contributed by atoms with Crippen molar-refractivity contribution in [3.8, 4) is 0 Å². The van der Waals surface area contributed by atoms with E-state index in [1.165, 1.54) is 5.56 Å². The molecule has 0 aromatic heterocycles. The normalized spacial score (nSPS) is 12.7. The highest BCUT2D eigenvalue weighted by atomic mass is 16.4. The van der Waals surface area contributed by atoms with Crippen molar-refractivity contribution in [2.75, 3.05) is 6.67 Å². The fourth-order valence-electron chi connectivity index (χ4n) is 1.91. The van der Waals surface area contributed by atoms with Crippen LogP contribution in [0.5, 0.6) is 0 Å². The van der Waals surface area contributed by atoms with Crippen LogP contribution in [0.4, 0.5) is 0 Å². The lowest BCUT2D eigenvalue weighted by atomic mass is 9.99. The van der Waals surface area contributed by atoms with Crippen LogP contribution >= 0.6 is 0 Å². The van der Waals surface area contributed by atoms with E-state index in [2.05, 4.69) is 31.3 Å². The van der Waals surface area contributed by atoms with Crippen molar-refractivity contribution in [1.82, 2.24) is 5.32 Å². The fraction of sp³-hybridized carbons (Fsp3) is 0.500. The van der Waals surface area contributed by atoms with Crippen molar-refractivity contribution in [1.29, 1.82) is 0 Å². The maximum absolute atomic E-state index is 11.0. The molecule has 1 rings (SSSR count). The van der Waals surface area contributed by atoms with E-state index in [1.807, 2.05) is 12.1 Å². The van der Waals surface area contributed by atoms with Crippen molar-refractivity contribution in [2.24, 2.45) is 11.7 Å². The lowest BCUT2D eigenvalue weighted by molar-refractivity contribution is -0.139. The topological polar surface area (TPSA) is 75.3 Å². The van der Waals surface area contributed by atoms with Crippen LogP contribution in [-0.2, 0) is 17.6 Å². The van der Waals surface area contributed by atoms with Crippen LogP contribution in [0.15, 0.2) is 24.3 Å². The van der Waals surface area contributed by atoms with Crippen LogP contribution in [0.3, 0.4) is 0 Å². The lowest BCUT2D eigenvalue weighted by Gasteiger charge is -2.13. The molecule has 0 fully saturated rings. The minimum Gasteiger partial charge on any atom is -0.480 e. The zero-order valence-corrected chi connectivity index (χ0v) is 11.0. The van der Waals surface area contributed by atoms with Crippen molar-refractivity contribution in [2.45, 2.75) is 32.7 Å². The molecule has 4 N–H and O–H groups in total.